The van der Waals surface area contributed by atoms with Crippen molar-refractivity contribution in [2.45, 2.75) is 23.8 Å². The molecular weight excluding hydrogens is 468 g/mol. The van der Waals surface area contributed by atoms with E-state index in [-0.39, 0.29) is 17.0 Å². The highest BCUT2D eigenvalue weighted by molar-refractivity contribution is 7.92. The number of sulfonamides is 1. The molecule has 35 heavy (non-hydrogen) atoms. The normalized spacial score (nSPS) is 14.1. The maximum Gasteiger partial charge on any atom is 0.264 e. The molecular formula is C26H28N2O6S. The molecule has 1 atom stereocenters. The number of ether oxygens (including phenoxy) is 2. The van der Waals surface area contributed by atoms with Crippen LogP contribution in [0.25, 0.3) is 0 Å². The lowest BCUT2D eigenvalue weighted by Gasteiger charge is -2.30. The van der Waals surface area contributed by atoms with Gasteiger partial charge in [-0.15, -0.1) is 0 Å². The number of amides is 1. The van der Waals surface area contributed by atoms with Crippen LogP contribution in [0.4, 0.5) is 5.69 Å². The van der Waals surface area contributed by atoms with Gasteiger partial charge in [-0.25, -0.2) is 8.42 Å². The molecule has 8 nitrogen and oxygen atoms in total. The predicted molar refractivity (Wildman–Crippen MR) is 133 cm³/mol. The van der Waals surface area contributed by atoms with Crippen molar-refractivity contribution in [3.8, 4) is 11.5 Å². The van der Waals surface area contributed by atoms with Crippen molar-refractivity contribution in [1.29, 1.82) is 0 Å². The maximum absolute atomic E-state index is 13.4. The van der Waals surface area contributed by atoms with E-state index in [0.717, 1.165) is 18.4 Å². The van der Waals surface area contributed by atoms with Crippen LogP contribution < -0.4 is 19.1 Å². The van der Waals surface area contributed by atoms with Crippen LogP contribution in [0.5, 0.6) is 11.5 Å². The van der Waals surface area contributed by atoms with Crippen molar-refractivity contribution in [2.24, 2.45) is 0 Å². The van der Waals surface area contributed by atoms with Crippen molar-refractivity contribution in [3.63, 3.8) is 0 Å². The van der Waals surface area contributed by atoms with Gasteiger partial charge in [0.1, 0.15) is 17.6 Å². The Kier molecular flexibility index (Phi) is 7.28. The number of para-hydroxylation sites is 1. The SMILES string of the molecule is COc1ccc(OC)c(C(O)CNC(=O)c2cccc(S(=O)(=O)N3CCCc4ccccc43)c2)c1. The number of anilines is 1. The van der Waals surface area contributed by atoms with Gasteiger partial charge in [0.2, 0.25) is 0 Å². The Morgan fingerprint density at radius 2 is 1.86 bits per heavy atom. The third kappa shape index (κ3) is 5.11. The number of hydrogen-bond donors (Lipinski definition) is 2. The number of nitrogens with one attached hydrogen (secondary N) is 1. The van der Waals surface area contributed by atoms with E-state index in [1.807, 2.05) is 18.2 Å². The Labute approximate surface area is 205 Å². The smallest absolute Gasteiger partial charge is 0.264 e. The van der Waals surface area contributed by atoms with E-state index in [0.29, 0.717) is 29.3 Å². The molecule has 0 aromatic heterocycles. The second-order valence-electron chi connectivity index (χ2n) is 8.17. The van der Waals surface area contributed by atoms with E-state index in [1.54, 1.807) is 30.3 Å². The van der Waals surface area contributed by atoms with E-state index in [4.69, 9.17) is 9.47 Å². The number of carbonyl (C=O) groups is 1. The first-order valence-electron chi connectivity index (χ1n) is 11.2. The lowest BCUT2D eigenvalue weighted by atomic mass is 10.0. The Morgan fingerprint density at radius 3 is 2.63 bits per heavy atom. The third-order valence-electron chi connectivity index (χ3n) is 6.00. The average molecular weight is 497 g/mol. The first-order valence-corrected chi connectivity index (χ1v) is 12.7. The third-order valence-corrected chi connectivity index (χ3v) is 7.81. The molecule has 0 radical (unpaired) electrons. The Morgan fingerprint density at radius 1 is 1.06 bits per heavy atom. The fourth-order valence-corrected chi connectivity index (χ4v) is 5.76. The number of carbonyl (C=O) groups excluding carboxylic acids is 1. The van der Waals surface area contributed by atoms with Gasteiger partial charge in [0.05, 0.1) is 24.8 Å². The molecule has 3 aromatic carbocycles. The maximum atomic E-state index is 13.4. The molecule has 9 heteroatoms. The Balaban J connectivity index is 1.51. The molecule has 1 aliphatic rings. The summed E-state index contributed by atoms with van der Waals surface area (Å²) in [6, 6.07) is 18.4. The fourth-order valence-electron chi connectivity index (χ4n) is 4.17. The van der Waals surface area contributed by atoms with Gasteiger partial charge in [0, 0.05) is 24.2 Å². The second-order valence-corrected chi connectivity index (χ2v) is 10.0. The van der Waals surface area contributed by atoms with Crippen molar-refractivity contribution in [1.82, 2.24) is 5.32 Å². The van der Waals surface area contributed by atoms with Gasteiger partial charge in [-0.2, -0.15) is 0 Å². The van der Waals surface area contributed by atoms with Crippen LogP contribution in [0.1, 0.15) is 34.0 Å². The number of aryl methyl sites for hydroxylation is 1. The van der Waals surface area contributed by atoms with Crippen molar-refractivity contribution < 1.29 is 27.8 Å². The minimum absolute atomic E-state index is 0.0388. The molecule has 0 saturated heterocycles. The topological polar surface area (TPSA) is 105 Å². The Hall–Kier alpha value is -3.56. The molecule has 184 valence electrons. The van der Waals surface area contributed by atoms with E-state index in [2.05, 4.69) is 5.32 Å². The van der Waals surface area contributed by atoms with Crippen LogP contribution in [0.3, 0.4) is 0 Å². The van der Waals surface area contributed by atoms with E-state index >= 15 is 0 Å². The molecule has 3 aromatic rings. The van der Waals surface area contributed by atoms with E-state index in [9.17, 15) is 18.3 Å². The number of hydrogen-bond acceptors (Lipinski definition) is 6. The summed E-state index contributed by atoms with van der Waals surface area (Å²) in [6.45, 7) is 0.281. The molecule has 4 rings (SSSR count). The number of fused-ring (bicyclic) bond motifs is 1. The molecule has 0 fully saturated rings. The molecule has 1 amide bonds. The van der Waals surface area contributed by atoms with Gasteiger partial charge in [-0.3, -0.25) is 9.10 Å². The summed E-state index contributed by atoms with van der Waals surface area (Å²) in [5, 5.41) is 13.3. The summed E-state index contributed by atoms with van der Waals surface area (Å²) in [7, 11) is -0.842. The second kappa shape index (κ2) is 10.4. The lowest BCUT2D eigenvalue weighted by Crippen LogP contribution is -2.35. The molecule has 0 aliphatic carbocycles. The molecule has 2 N–H and O–H groups in total. The fraction of sp³-hybridized carbons (Fsp3) is 0.269. The quantitative estimate of drug-likeness (QED) is 0.496. The largest absolute Gasteiger partial charge is 0.497 e. The molecule has 0 saturated carbocycles. The van der Waals surface area contributed by atoms with Crippen LogP contribution in [0, 0.1) is 0 Å². The van der Waals surface area contributed by atoms with Gasteiger partial charge in [0.25, 0.3) is 15.9 Å². The van der Waals surface area contributed by atoms with Gasteiger partial charge < -0.3 is 19.9 Å². The van der Waals surface area contributed by atoms with Gasteiger partial charge in [-0.1, -0.05) is 24.3 Å². The minimum Gasteiger partial charge on any atom is -0.497 e. The summed E-state index contributed by atoms with van der Waals surface area (Å²) in [5.41, 5.74) is 2.30. The van der Waals surface area contributed by atoms with Gasteiger partial charge in [0.15, 0.2) is 0 Å². The molecule has 1 unspecified atom stereocenters. The lowest BCUT2D eigenvalue weighted by molar-refractivity contribution is 0.0914. The zero-order chi connectivity index (χ0) is 25.0. The number of rotatable bonds is 8. The van der Waals surface area contributed by atoms with E-state index < -0.39 is 22.0 Å². The standard InChI is InChI=1S/C26H28N2O6S/c1-33-20-12-13-25(34-2)22(16-20)24(29)17-27-26(30)19-8-5-10-21(15-19)35(31,32)28-14-6-9-18-7-3-4-11-23(18)28/h3-5,7-8,10-13,15-16,24,29H,6,9,14,17H2,1-2H3,(H,27,30). The zero-order valence-corrected chi connectivity index (χ0v) is 20.4. The summed E-state index contributed by atoms with van der Waals surface area (Å²) >= 11 is 0. The number of methoxy groups -OCH3 is 2. The number of benzene rings is 3. The monoisotopic (exact) mass is 496 g/mol. The highest BCUT2D eigenvalue weighted by Gasteiger charge is 2.29. The molecule has 0 spiro atoms. The first kappa shape index (κ1) is 24.6. The summed E-state index contributed by atoms with van der Waals surface area (Å²) in [6.07, 6.45) is 0.494. The van der Waals surface area contributed by atoms with Crippen LogP contribution >= 0.6 is 0 Å². The summed E-state index contributed by atoms with van der Waals surface area (Å²) < 4.78 is 38.8. The highest BCUT2D eigenvalue weighted by atomic mass is 32.2. The molecule has 1 aliphatic heterocycles. The van der Waals surface area contributed by atoms with E-state index in [1.165, 1.54) is 36.7 Å². The zero-order valence-electron chi connectivity index (χ0n) is 19.6. The van der Waals surface area contributed by atoms with Crippen LogP contribution in [0.2, 0.25) is 0 Å². The minimum atomic E-state index is -3.85. The molecule has 1 heterocycles. The number of aliphatic hydroxyl groups is 1. The average Bonchev–Trinajstić information content (AvgIpc) is 2.90. The number of aliphatic hydroxyl groups excluding tert-OH is 1. The van der Waals surface area contributed by atoms with Crippen molar-refractivity contribution >= 4 is 21.6 Å². The number of nitrogens with zero attached hydrogens (tertiary/aromatic N) is 1. The highest BCUT2D eigenvalue weighted by Crippen LogP contribution is 2.32. The molecule has 0 bridgehead atoms. The Bertz CT molecular complexity index is 1320. The van der Waals surface area contributed by atoms with Crippen LogP contribution in [0.15, 0.2) is 71.6 Å². The van der Waals surface area contributed by atoms with Crippen molar-refractivity contribution in [2.75, 3.05) is 31.6 Å². The predicted octanol–water partition coefficient (Wildman–Crippen LogP) is 3.31. The van der Waals surface area contributed by atoms with Crippen molar-refractivity contribution in [3.05, 3.63) is 83.4 Å². The van der Waals surface area contributed by atoms with Crippen LogP contribution in [-0.4, -0.2) is 46.7 Å². The first-order chi connectivity index (χ1) is 16.8. The van der Waals surface area contributed by atoms with Gasteiger partial charge >= 0.3 is 0 Å². The van der Waals surface area contributed by atoms with Gasteiger partial charge in [-0.05, 0) is 60.9 Å². The summed E-state index contributed by atoms with van der Waals surface area (Å²) in [5.74, 6) is 0.507. The summed E-state index contributed by atoms with van der Waals surface area (Å²) in [4.78, 5) is 12.9. The van der Waals surface area contributed by atoms with Crippen LogP contribution in [-0.2, 0) is 16.4 Å².